The Labute approximate surface area is 90.2 Å². The number of carbonyl (C=O) groups is 1. The molecule has 0 N–H and O–H groups in total. The van der Waals surface area contributed by atoms with Gasteiger partial charge >= 0.3 is 0 Å². The summed E-state index contributed by atoms with van der Waals surface area (Å²) in [6.45, 7) is 0. The van der Waals surface area contributed by atoms with E-state index in [2.05, 4.69) is 17.1 Å². The molecule has 0 bridgehead atoms. The molecular weight excluding hydrogens is 206 g/mol. The summed E-state index contributed by atoms with van der Waals surface area (Å²) in [5.41, 5.74) is 0.494. The fourth-order valence-electron chi connectivity index (χ4n) is 1.70. The number of carbonyl (C=O) groups excluding carboxylic acids is 1. The molecule has 3 aromatic rings. The molecule has 3 rings (SSSR count). The predicted molar refractivity (Wildman–Crippen MR) is 62.5 cm³/mol. The van der Waals surface area contributed by atoms with E-state index in [4.69, 9.17) is 0 Å². The number of nitrogens with zero attached hydrogens (tertiary/aromatic N) is 1. The van der Waals surface area contributed by atoms with E-state index in [-0.39, 0.29) is 0 Å². The fraction of sp³-hybridized carbons (Fsp3) is 0. The maximum Gasteiger partial charge on any atom is 0.168 e. The van der Waals surface area contributed by atoms with Crippen LogP contribution in [0.15, 0.2) is 36.5 Å². The zero-order valence-corrected chi connectivity index (χ0v) is 8.62. The van der Waals surface area contributed by atoms with Crippen LogP contribution in [-0.2, 0) is 0 Å². The van der Waals surface area contributed by atoms with Crippen molar-refractivity contribution < 1.29 is 4.79 Å². The second kappa shape index (κ2) is 3.14. The SMILES string of the molecule is O=Cc1cc2sc3ccccc3c2cn1. The molecule has 0 unspecified atom stereocenters. The molecule has 2 nitrogen and oxygen atoms in total. The van der Waals surface area contributed by atoms with E-state index in [0.29, 0.717) is 5.69 Å². The zero-order valence-electron chi connectivity index (χ0n) is 7.81. The molecule has 3 heteroatoms. The second-order valence-electron chi connectivity index (χ2n) is 3.32. The number of aldehydes is 1. The van der Waals surface area contributed by atoms with Crippen LogP contribution >= 0.6 is 11.3 Å². The molecule has 15 heavy (non-hydrogen) atoms. The van der Waals surface area contributed by atoms with Crippen molar-refractivity contribution in [3.63, 3.8) is 0 Å². The number of rotatable bonds is 1. The molecule has 0 saturated heterocycles. The van der Waals surface area contributed by atoms with Crippen LogP contribution in [0, 0.1) is 0 Å². The monoisotopic (exact) mass is 213 g/mol. The highest BCUT2D eigenvalue weighted by atomic mass is 32.1. The highest BCUT2D eigenvalue weighted by molar-refractivity contribution is 7.25. The Hall–Kier alpha value is -1.74. The van der Waals surface area contributed by atoms with Crippen LogP contribution in [0.1, 0.15) is 10.5 Å². The smallest absolute Gasteiger partial charge is 0.168 e. The van der Waals surface area contributed by atoms with Crippen molar-refractivity contribution in [2.24, 2.45) is 0 Å². The predicted octanol–water partition coefficient (Wildman–Crippen LogP) is 3.26. The van der Waals surface area contributed by atoms with E-state index in [9.17, 15) is 4.79 Å². The van der Waals surface area contributed by atoms with Gasteiger partial charge in [-0.3, -0.25) is 9.78 Å². The van der Waals surface area contributed by atoms with Gasteiger partial charge in [-0.1, -0.05) is 18.2 Å². The molecule has 72 valence electrons. The first-order valence-corrected chi connectivity index (χ1v) is 5.42. The lowest BCUT2D eigenvalue weighted by Crippen LogP contribution is -1.83. The van der Waals surface area contributed by atoms with Gasteiger partial charge in [0, 0.05) is 26.4 Å². The minimum absolute atomic E-state index is 0.494. The lowest BCUT2D eigenvalue weighted by Gasteiger charge is -1.91. The van der Waals surface area contributed by atoms with Gasteiger partial charge in [0.2, 0.25) is 0 Å². The molecule has 0 aliphatic heterocycles. The number of aromatic nitrogens is 1. The van der Waals surface area contributed by atoms with Gasteiger partial charge in [-0.2, -0.15) is 0 Å². The molecule has 0 aliphatic carbocycles. The minimum Gasteiger partial charge on any atom is -0.296 e. The lowest BCUT2D eigenvalue weighted by molar-refractivity contribution is 0.111. The second-order valence-corrected chi connectivity index (χ2v) is 4.41. The first-order valence-electron chi connectivity index (χ1n) is 4.61. The Balaban J connectivity index is 2.48. The van der Waals surface area contributed by atoms with Crippen LogP contribution in [0.4, 0.5) is 0 Å². The third-order valence-corrected chi connectivity index (χ3v) is 3.54. The fourth-order valence-corrected chi connectivity index (χ4v) is 2.82. The van der Waals surface area contributed by atoms with Crippen LogP contribution in [0.2, 0.25) is 0 Å². The summed E-state index contributed by atoms with van der Waals surface area (Å²) < 4.78 is 2.35. The Morgan fingerprint density at radius 3 is 2.87 bits per heavy atom. The molecular formula is C12H7NOS. The first kappa shape index (κ1) is 8.56. The van der Waals surface area contributed by atoms with E-state index < -0.39 is 0 Å². The summed E-state index contributed by atoms with van der Waals surface area (Å²) in [6.07, 6.45) is 2.56. The molecule has 2 heterocycles. The molecule has 0 fully saturated rings. The summed E-state index contributed by atoms with van der Waals surface area (Å²) >= 11 is 1.69. The van der Waals surface area contributed by atoms with Crippen molar-refractivity contribution >= 4 is 37.8 Å². The molecule has 2 aromatic heterocycles. The number of hydrogen-bond donors (Lipinski definition) is 0. The van der Waals surface area contributed by atoms with Gasteiger partial charge in [0.15, 0.2) is 6.29 Å². The zero-order chi connectivity index (χ0) is 10.3. The van der Waals surface area contributed by atoms with Crippen molar-refractivity contribution in [3.05, 3.63) is 42.2 Å². The third-order valence-electron chi connectivity index (χ3n) is 2.41. The average Bonchev–Trinajstić information content (AvgIpc) is 2.66. The van der Waals surface area contributed by atoms with Crippen LogP contribution in [0.3, 0.4) is 0 Å². The summed E-state index contributed by atoms with van der Waals surface area (Å²) in [4.78, 5) is 14.7. The molecule has 0 aliphatic rings. The van der Waals surface area contributed by atoms with Crippen LogP contribution < -0.4 is 0 Å². The Morgan fingerprint density at radius 1 is 1.13 bits per heavy atom. The first-order chi connectivity index (χ1) is 7.38. The molecule has 0 atom stereocenters. The number of hydrogen-bond acceptors (Lipinski definition) is 3. The summed E-state index contributed by atoms with van der Waals surface area (Å²) in [5, 5.41) is 2.34. The highest BCUT2D eigenvalue weighted by Gasteiger charge is 2.04. The summed E-state index contributed by atoms with van der Waals surface area (Å²) in [5.74, 6) is 0. The summed E-state index contributed by atoms with van der Waals surface area (Å²) in [7, 11) is 0. The van der Waals surface area contributed by atoms with Gasteiger partial charge < -0.3 is 0 Å². The van der Waals surface area contributed by atoms with Crippen molar-refractivity contribution in [1.82, 2.24) is 4.98 Å². The van der Waals surface area contributed by atoms with Gasteiger partial charge in [0.1, 0.15) is 5.69 Å². The van der Waals surface area contributed by atoms with Crippen molar-refractivity contribution in [3.8, 4) is 0 Å². The Morgan fingerprint density at radius 2 is 2.00 bits per heavy atom. The number of thiophene rings is 1. The van der Waals surface area contributed by atoms with Crippen LogP contribution in [-0.4, -0.2) is 11.3 Å². The van der Waals surface area contributed by atoms with E-state index in [0.717, 1.165) is 16.4 Å². The Kier molecular flexibility index (Phi) is 1.79. The number of pyridine rings is 1. The van der Waals surface area contributed by atoms with Crippen molar-refractivity contribution in [2.45, 2.75) is 0 Å². The van der Waals surface area contributed by atoms with Gasteiger partial charge in [0.25, 0.3) is 0 Å². The van der Waals surface area contributed by atoms with E-state index in [1.807, 2.05) is 18.2 Å². The summed E-state index contributed by atoms with van der Waals surface area (Å²) in [6, 6.07) is 10.0. The molecule has 0 saturated carbocycles. The van der Waals surface area contributed by atoms with Gasteiger partial charge in [-0.05, 0) is 12.1 Å². The van der Waals surface area contributed by atoms with Gasteiger partial charge in [-0.25, -0.2) is 0 Å². The average molecular weight is 213 g/mol. The maximum absolute atomic E-state index is 10.6. The molecule has 0 radical (unpaired) electrons. The maximum atomic E-state index is 10.6. The Bertz CT molecular complexity index is 657. The van der Waals surface area contributed by atoms with Crippen molar-refractivity contribution in [1.29, 1.82) is 0 Å². The van der Waals surface area contributed by atoms with Crippen LogP contribution in [0.5, 0.6) is 0 Å². The van der Waals surface area contributed by atoms with Gasteiger partial charge in [0.05, 0.1) is 0 Å². The minimum atomic E-state index is 0.494. The third kappa shape index (κ3) is 1.24. The van der Waals surface area contributed by atoms with E-state index in [1.165, 1.54) is 10.1 Å². The number of fused-ring (bicyclic) bond motifs is 3. The quantitative estimate of drug-likeness (QED) is 0.581. The van der Waals surface area contributed by atoms with Crippen molar-refractivity contribution in [2.75, 3.05) is 0 Å². The molecule has 0 amide bonds. The van der Waals surface area contributed by atoms with E-state index in [1.54, 1.807) is 17.5 Å². The number of benzene rings is 1. The van der Waals surface area contributed by atoms with Gasteiger partial charge in [-0.15, -0.1) is 11.3 Å². The molecule has 0 spiro atoms. The largest absolute Gasteiger partial charge is 0.296 e. The standard InChI is InChI=1S/C12H7NOS/c14-7-8-5-12-10(6-13-8)9-3-1-2-4-11(9)15-12/h1-7H. The normalized spacial score (nSPS) is 10.9. The van der Waals surface area contributed by atoms with E-state index >= 15 is 0 Å². The lowest BCUT2D eigenvalue weighted by atomic mass is 10.2. The van der Waals surface area contributed by atoms with Crippen LogP contribution in [0.25, 0.3) is 20.2 Å². The highest BCUT2D eigenvalue weighted by Crippen LogP contribution is 2.32. The molecule has 1 aromatic carbocycles. The topological polar surface area (TPSA) is 30.0 Å².